The molecule has 4 nitrogen and oxygen atoms in total. The van der Waals surface area contributed by atoms with E-state index in [1.54, 1.807) is 6.08 Å². The number of ether oxygens (including phenoxy) is 2. The Morgan fingerprint density at radius 3 is 2.62 bits per heavy atom. The first-order chi connectivity index (χ1) is 7.37. The van der Waals surface area contributed by atoms with Crippen LogP contribution in [0.25, 0.3) is 0 Å². The lowest BCUT2D eigenvalue weighted by atomic mass is 10.1. The fourth-order valence-corrected chi connectivity index (χ4v) is 2.62. The minimum atomic E-state index is -1.58. The van der Waals surface area contributed by atoms with Crippen molar-refractivity contribution in [2.45, 2.75) is 44.4 Å². The van der Waals surface area contributed by atoms with Gasteiger partial charge in [-0.2, -0.15) is 0 Å². The molecule has 1 aliphatic heterocycles. The summed E-state index contributed by atoms with van der Waals surface area (Å²) in [6, 6.07) is 0. The van der Waals surface area contributed by atoms with Crippen LogP contribution < -0.4 is 0 Å². The van der Waals surface area contributed by atoms with Gasteiger partial charge in [-0.25, -0.2) is 4.79 Å². The van der Waals surface area contributed by atoms with Gasteiger partial charge in [0.15, 0.2) is 14.4 Å². The second-order valence-electron chi connectivity index (χ2n) is 4.86. The summed E-state index contributed by atoms with van der Waals surface area (Å²) < 4.78 is 15.7. The van der Waals surface area contributed by atoms with Gasteiger partial charge in [0.2, 0.25) is 0 Å². The molecule has 1 aliphatic rings. The monoisotopic (exact) mass is 244 g/mol. The third-order valence-corrected chi connectivity index (χ3v) is 3.26. The third kappa shape index (κ3) is 4.07. The quantitative estimate of drug-likeness (QED) is 0.309. The molecule has 16 heavy (non-hydrogen) atoms. The van der Waals surface area contributed by atoms with Crippen molar-refractivity contribution in [3.8, 4) is 0 Å². The molecule has 0 aromatic rings. The van der Waals surface area contributed by atoms with E-state index in [2.05, 4.69) is 31.0 Å². The Labute approximate surface area is 97.7 Å². The van der Waals surface area contributed by atoms with E-state index in [1.165, 1.54) is 7.11 Å². The predicted octanol–water partition coefficient (Wildman–Crippen LogP) is 1.72. The number of hydrogen-bond acceptors (Lipinski definition) is 4. The molecule has 0 bridgehead atoms. The number of hydrogen-bond donors (Lipinski definition) is 0. The van der Waals surface area contributed by atoms with Crippen LogP contribution in [0.5, 0.6) is 0 Å². The lowest BCUT2D eigenvalue weighted by molar-refractivity contribution is -0.142. The molecule has 1 saturated heterocycles. The molecule has 92 valence electrons. The minimum absolute atomic E-state index is 0.0358. The normalized spacial score (nSPS) is 26.0. The molecular weight excluding hydrogens is 224 g/mol. The zero-order chi connectivity index (χ0) is 12.3. The zero-order valence-electron chi connectivity index (χ0n) is 10.4. The molecule has 0 aliphatic carbocycles. The largest absolute Gasteiger partial charge is 0.467 e. The molecule has 0 aromatic heterocycles. The van der Waals surface area contributed by atoms with Crippen molar-refractivity contribution in [3.63, 3.8) is 0 Å². The standard InChI is InChI=1S/C11H20O4Si/c1-6-8(15-16(3,4)5)7-9-10(14-9)11(12)13-2/h6,8-10H,1,7H2,2-5H3. The average molecular weight is 244 g/mol. The lowest BCUT2D eigenvalue weighted by Crippen LogP contribution is -2.32. The molecule has 1 heterocycles. The average Bonchev–Trinajstić information content (AvgIpc) is 2.93. The van der Waals surface area contributed by atoms with Crippen molar-refractivity contribution in [3.05, 3.63) is 12.7 Å². The van der Waals surface area contributed by atoms with Crippen LogP contribution in [0, 0.1) is 0 Å². The van der Waals surface area contributed by atoms with Crippen molar-refractivity contribution >= 4 is 14.3 Å². The predicted molar refractivity (Wildman–Crippen MR) is 63.7 cm³/mol. The Bertz CT molecular complexity index is 272. The van der Waals surface area contributed by atoms with Gasteiger partial charge in [0, 0.05) is 6.42 Å². The minimum Gasteiger partial charge on any atom is -0.467 e. The summed E-state index contributed by atoms with van der Waals surface area (Å²) in [6.07, 6.45) is 1.93. The fraction of sp³-hybridized carbons (Fsp3) is 0.727. The molecule has 3 unspecified atom stereocenters. The van der Waals surface area contributed by atoms with E-state index in [9.17, 15) is 4.79 Å². The first-order valence-corrected chi connectivity index (χ1v) is 8.82. The number of esters is 1. The molecule has 1 fully saturated rings. The van der Waals surface area contributed by atoms with Gasteiger partial charge < -0.3 is 13.9 Å². The second kappa shape index (κ2) is 5.12. The number of carbonyl (C=O) groups is 1. The summed E-state index contributed by atoms with van der Waals surface area (Å²) in [5, 5.41) is 0. The summed E-state index contributed by atoms with van der Waals surface area (Å²) in [5.41, 5.74) is 0. The molecule has 1 rings (SSSR count). The van der Waals surface area contributed by atoms with Crippen LogP contribution in [0.15, 0.2) is 12.7 Å². The molecule has 0 saturated carbocycles. The molecule has 0 N–H and O–H groups in total. The van der Waals surface area contributed by atoms with E-state index in [0.29, 0.717) is 6.42 Å². The van der Waals surface area contributed by atoms with Gasteiger partial charge in [-0.15, -0.1) is 6.58 Å². The van der Waals surface area contributed by atoms with Crippen molar-refractivity contribution in [2.24, 2.45) is 0 Å². The van der Waals surface area contributed by atoms with Gasteiger partial charge in [-0.1, -0.05) is 6.08 Å². The molecule has 0 aromatic carbocycles. The molecule has 5 heteroatoms. The highest BCUT2D eigenvalue weighted by atomic mass is 28.4. The van der Waals surface area contributed by atoms with Crippen molar-refractivity contribution in [1.29, 1.82) is 0 Å². The second-order valence-corrected chi connectivity index (χ2v) is 9.32. The first kappa shape index (κ1) is 13.4. The Balaban J connectivity index is 2.37. The SMILES string of the molecule is C=CC(CC1OC1C(=O)OC)O[Si](C)(C)C. The van der Waals surface area contributed by atoms with Crippen LogP contribution in [-0.2, 0) is 18.7 Å². The summed E-state index contributed by atoms with van der Waals surface area (Å²) in [5.74, 6) is -0.305. The fourth-order valence-electron chi connectivity index (χ4n) is 1.52. The lowest BCUT2D eigenvalue weighted by Gasteiger charge is -2.23. The highest BCUT2D eigenvalue weighted by Gasteiger charge is 2.47. The number of epoxide rings is 1. The highest BCUT2D eigenvalue weighted by molar-refractivity contribution is 6.69. The zero-order valence-corrected chi connectivity index (χ0v) is 11.4. The summed E-state index contributed by atoms with van der Waals surface area (Å²) in [7, 11) is -0.215. The molecule has 3 atom stereocenters. The summed E-state index contributed by atoms with van der Waals surface area (Å²) in [6.45, 7) is 10.1. The van der Waals surface area contributed by atoms with Gasteiger partial charge in [0.05, 0.1) is 19.3 Å². The number of carbonyl (C=O) groups excluding carboxylic acids is 1. The van der Waals surface area contributed by atoms with E-state index >= 15 is 0 Å². The van der Waals surface area contributed by atoms with Crippen LogP contribution in [0.2, 0.25) is 19.6 Å². The van der Waals surface area contributed by atoms with Crippen molar-refractivity contribution in [2.75, 3.05) is 7.11 Å². The van der Waals surface area contributed by atoms with E-state index in [-0.39, 0.29) is 18.2 Å². The van der Waals surface area contributed by atoms with Crippen LogP contribution in [-0.4, -0.2) is 39.7 Å². The van der Waals surface area contributed by atoms with E-state index < -0.39 is 14.4 Å². The molecule has 0 spiro atoms. The van der Waals surface area contributed by atoms with E-state index in [0.717, 1.165) is 0 Å². The highest BCUT2D eigenvalue weighted by Crippen LogP contribution is 2.29. The van der Waals surface area contributed by atoms with Crippen molar-refractivity contribution in [1.82, 2.24) is 0 Å². The maximum atomic E-state index is 11.1. The Morgan fingerprint density at radius 2 is 2.19 bits per heavy atom. The Morgan fingerprint density at radius 1 is 1.56 bits per heavy atom. The van der Waals surface area contributed by atoms with Crippen LogP contribution in [0.4, 0.5) is 0 Å². The van der Waals surface area contributed by atoms with Gasteiger partial charge in [-0.05, 0) is 19.6 Å². The summed E-state index contributed by atoms with van der Waals surface area (Å²) in [4.78, 5) is 11.1. The Hall–Kier alpha value is -0.653. The maximum absolute atomic E-state index is 11.1. The van der Waals surface area contributed by atoms with Gasteiger partial charge in [0.25, 0.3) is 0 Å². The number of methoxy groups -OCH3 is 1. The third-order valence-electron chi connectivity index (χ3n) is 2.25. The van der Waals surface area contributed by atoms with E-state index in [4.69, 9.17) is 9.16 Å². The van der Waals surface area contributed by atoms with E-state index in [1.807, 2.05) is 0 Å². The van der Waals surface area contributed by atoms with Crippen LogP contribution >= 0.6 is 0 Å². The van der Waals surface area contributed by atoms with Gasteiger partial charge in [0.1, 0.15) is 0 Å². The molecular formula is C11H20O4Si. The van der Waals surface area contributed by atoms with Gasteiger partial charge >= 0.3 is 5.97 Å². The van der Waals surface area contributed by atoms with Crippen LogP contribution in [0.3, 0.4) is 0 Å². The van der Waals surface area contributed by atoms with Crippen LogP contribution in [0.1, 0.15) is 6.42 Å². The van der Waals surface area contributed by atoms with Crippen molar-refractivity contribution < 1.29 is 18.7 Å². The topological polar surface area (TPSA) is 48.1 Å². The van der Waals surface area contributed by atoms with Gasteiger partial charge in [-0.3, -0.25) is 0 Å². The molecule has 0 amide bonds. The first-order valence-electron chi connectivity index (χ1n) is 5.41. The summed E-state index contributed by atoms with van der Waals surface area (Å²) >= 11 is 0. The Kier molecular flexibility index (Phi) is 4.29. The maximum Gasteiger partial charge on any atom is 0.337 e. The number of rotatable bonds is 6. The molecule has 0 radical (unpaired) electrons. The smallest absolute Gasteiger partial charge is 0.337 e.